The summed E-state index contributed by atoms with van der Waals surface area (Å²) in [7, 11) is 0. The largest absolute Gasteiger partial charge is 0.444 e. The van der Waals surface area contributed by atoms with Crippen LogP contribution in [0.15, 0.2) is 30.5 Å². The number of rotatable bonds is 4. The number of carbonyl (C=O) groups is 1. The second-order valence-electron chi connectivity index (χ2n) is 8.48. The van der Waals surface area contributed by atoms with Crippen LogP contribution >= 0.6 is 11.6 Å². The zero-order valence-electron chi connectivity index (χ0n) is 18.0. The maximum atomic E-state index is 12.8. The van der Waals surface area contributed by atoms with Crippen molar-refractivity contribution in [2.45, 2.75) is 51.4 Å². The Morgan fingerprint density at radius 2 is 1.78 bits per heavy atom. The van der Waals surface area contributed by atoms with E-state index in [1.54, 1.807) is 12.1 Å². The maximum absolute atomic E-state index is 12.8. The van der Waals surface area contributed by atoms with Gasteiger partial charge < -0.3 is 20.3 Å². The summed E-state index contributed by atoms with van der Waals surface area (Å²) in [6, 6.07) is 7.43. The molecule has 1 aliphatic heterocycles. The van der Waals surface area contributed by atoms with Crippen molar-refractivity contribution in [1.82, 2.24) is 15.3 Å². The average Bonchev–Trinajstić information content (AvgIpc) is 2.67. The number of piperidine rings is 1. The van der Waals surface area contributed by atoms with Gasteiger partial charge in [-0.05, 0) is 57.9 Å². The first kappa shape index (κ1) is 23.9. The van der Waals surface area contributed by atoms with Gasteiger partial charge in [-0.1, -0.05) is 11.6 Å². The van der Waals surface area contributed by atoms with Gasteiger partial charge >= 0.3 is 12.3 Å². The van der Waals surface area contributed by atoms with E-state index in [0.717, 1.165) is 31.6 Å². The van der Waals surface area contributed by atoms with Crippen LogP contribution in [-0.4, -0.2) is 40.8 Å². The van der Waals surface area contributed by atoms with Gasteiger partial charge in [0.05, 0.1) is 0 Å². The van der Waals surface area contributed by atoms with Crippen LogP contribution in [0.4, 0.5) is 35.3 Å². The van der Waals surface area contributed by atoms with Gasteiger partial charge in [0.2, 0.25) is 5.95 Å². The Hall–Kier alpha value is -2.75. The molecule has 0 unspecified atom stereocenters. The van der Waals surface area contributed by atoms with Crippen molar-refractivity contribution >= 4 is 35.0 Å². The summed E-state index contributed by atoms with van der Waals surface area (Å²) >= 11 is 5.63. The predicted molar refractivity (Wildman–Crippen MR) is 116 cm³/mol. The molecule has 0 atom stereocenters. The summed E-state index contributed by atoms with van der Waals surface area (Å²) in [4.78, 5) is 21.5. The van der Waals surface area contributed by atoms with E-state index in [1.165, 1.54) is 0 Å². The molecule has 1 saturated heterocycles. The van der Waals surface area contributed by atoms with Gasteiger partial charge in [0.15, 0.2) is 0 Å². The average molecular weight is 472 g/mol. The molecule has 0 radical (unpaired) electrons. The molecule has 0 spiro atoms. The van der Waals surface area contributed by atoms with Crippen LogP contribution < -0.4 is 15.5 Å². The fourth-order valence-corrected chi connectivity index (χ4v) is 3.49. The molecular weight excluding hydrogens is 447 g/mol. The number of amides is 1. The molecule has 32 heavy (non-hydrogen) atoms. The summed E-state index contributed by atoms with van der Waals surface area (Å²) in [5.74, 6) is -0.0234. The van der Waals surface area contributed by atoms with Crippen molar-refractivity contribution in [3.63, 3.8) is 0 Å². The third kappa shape index (κ3) is 6.62. The number of carbonyl (C=O) groups excluding carboxylic acids is 1. The fraction of sp³-hybridized carbons (Fsp3) is 0.476. The Balaban J connectivity index is 1.53. The van der Waals surface area contributed by atoms with Gasteiger partial charge in [0, 0.05) is 36.7 Å². The molecule has 1 aromatic carbocycles. The minimum absolute atomic E-state index is 0.0234. The molecule has 1 aromatic heterocycles. The number of nitrogens with zero attached hydrogens (tertiary/aromatic N) is 3. The molecule has 2 heterocycles. The van der Waals surface area contributed by atoms with E-state index in [1.807, 2.05) is 32.9 Å². The Labute approximate surface area is 189 Å². The van der Waals surface area contributed by atoms with Gasteiger partial charge in [-0.3, -0.25) is 0 Å². The molecule has 3 rings (SSSR count). The van der Waals surface area contributed by atoms with Crippen LogP contribution in [0.25, 0.3) is 0 Å². The second-order valence-corrected chi connectivity index (χ2v) is 8.83. The monoisotopic (exact) mass is 471 g/mol. The Morgan fingerprint density at radius 1 is 1.16 bits per heavy atom. The van der Waals surface area contributed by atoms with E-state index in [-0.39, 0.29) is 12.0 Å². The first-order valence-electron chi connectivity index (χ1n) is 10.1. The van der Waals surface area contributed by atoms with Crippen molar-refractivity contribution < 1.29 is 22.7 Å². The lowest BCUT2D eigenvalue weighted by molar-refractivity contribution is -0.137. The smallest absolute Gasteiger partial charge is 0.420 e. The maximum Gasteiger partial charge on any atom is 0.420 e. The number of alkyl halides is 3. The summed E-state index contributed by atoms with van der Waals surface area (Å²) in [5, 5.41) is 5.10. The number of aromatic nitrogens is 2. The highest BCUT2D eigenvalue weighted by molar-refractivity contribution is 6.30. The lowest BCUT2D eigenvalue weighted by atomic mass is 10.0. The second kappa shape index (κ2) is 9.40. The number of ether oxygens (including phenoxy) is 1. The zero-order chi connectivity index (χ0) is 23.5. The number of hydrogen-bond acceptors (Lipinski definition) is 6. The Morgan fingerprint density at radius 3 is 2.31 bits per heavy atom. The van der Waals surface area contributed by atoms with E-state index >= 15 is 0 Å². The normalized spacial score (nSPS) is 15.4. The molecule has 0 aliphatic carbocycles. The quantitative estimate of drug-likeness (QED) is 0.582. The van der Waals surface area contributed by atoms with Crippen LogP contribution in [0.5, 0.6) is 0 Å². The van der Waals surface area contributed by atoms with Gasteiger partial charge in [-0.15, -0.1) is 0 Å². The lowest BCUT2D eigenvalue weighted by Crippen LogP contribution is -2.46. The highest BCUT2D eigenvalue weighted by Gasteiger charge is 2.34. The van der Waals surface area contributed by atoms with E-state index < -0.39 is 28.6 Å². The molecule has 0 bridgehead atoms. The van der Waals surface area contributed by atoms with Crippen molar-refractivity contribution in [1.29, 1.82) is 0 Å². The minimum atomic E-state index is -4.60. The third-order valence-corrected chi connectivity index (χ3v) is 5.04. The van der Waals surface area contributed by atoms with Crippen LogP contribution in [0.1, 0.15) is 39.2 Å². The molecular formula is C21H25ClF3N5O2. The van der Waals surface area contributed by atoms with Gasteiger partial charge in [-0.2, -0.15) is 13.2 Å². The summed E-state index contributed by atoms with van der Waals surface area (Å²) in [6.07, 6.45) is -2.78. The van der Waals surface area contributed by atoms with E-state index in [0.29, 0.717) is 11.9 Å². The first-order valence-corrected chi connectivity index (χ1v) is 10.5. The van der Waals surface area contributed by atoms with Crippen LogP contribution in [0.3, 0.4) is 0 Å². The standard InChI is InChI=1S/C21H25ClF3N5O2/c1-20(2,3)32-19(31)28-14-8-10-30(11-9-14)15-6-4-13(5-7-15)27-18-26-12-16(17(22)29-18)21(23,24)25/h4-7,12,14H,8-11H2,1-3H3,(H,28,31)(H,26,27,29). The molecule has 1 fully saturated rings. The Bertz CT molecular complexity index is 940. The third-order valence-electron chi connectivity index (χ3n) is 4.75. The molecule has 1 amide bonds. The molecule has 1 aliphatic rings. The number of halogens is 4. The molecule has 174 valence electrons. The molecule has 2 N–H and O–H groups in total. The van der Waals surface area contributed by atoms with Gasteiger partial charge in [0.25, 0.3) is 0 Å². The number of nitrogens with one attached hydrogen (secondary N) is 2. The molecule has 11 heteroatoms. The molecule has 2 aromatic rings. The molecule has 0 saturated carbocycles. The number of hydrogen-bond donors (Lipinski definition) is 2. The highest BCUT2D eigenvalue weighted by Crippen LogP contribution is 2.33. The topological polar surface area (TPSA) is 79.4 Å². The van der Waals surface area contributed by atoms with Crippen molar-refractivity contribution in [3.8, 4) is 0 Å². The number of anilines is 3. The predicted octanol–water partition coefficient (Wildman–Crippen LogP) is 5.39. The lowest BCUT2D eigenvalue weighted by Gasteiger charge is -2.34. The van der Waals surface area contributed by atoms with Crippen LogP contribution in [0, 0.1) is 0 Å². The van der Waals surface area contributed by atoms with E-state index in [2.05, 4.69) is 25.5 Å². The summed E-state index contributed by atoms with van der Waals surface area (Å²) < 4.78 is 43.6. The van der Waals surface area contributed by atoms with Crippen LogP contribution in [0.2, 0.25) is 5.15 Å². The minimum Gasteiger partial charge on any atom is -0.444 e. The fourth-order valence-electron chi connectivity index (χ4n) is 3.25. The summed E-state index contributed by atoms with van der Waals surface area (Å²) in [5.41, 5.74) is 0.00503. The van der Waals surface area contributed by atoms with Crippen molar-refractivity contribution in [2.75, 3.05) is 23.3 Å². The molecule has 7 nitrogen and oxygen atoms in total. The Kier molecular flexibility index (Phi) is 7.02. The first-order chi connectivity index (χ1) is 14.9. The van der Waals surface area contributed by atoms with Crippen molar-refractivity contribution in [3.05, 3.63) is 41.2 Å². The van der Waals surface area contributed by atoms with E-state index in [9.17, 15) is 18.0 Å². The van der Waals surface area contributed by atoms with Crippen LogP contribution in [-0.2, 0) is 10.9 Å². The number of alkyl carbamates (subject to hydrolysis) is 1. The number of benzene rings is 1. The zero-order valence-corrected chi connectivity index (χ0v) is 18.7. The summed E-state index contributed by atoms with van der Waals surface area (Å²) in [6.45, 7) is 7.01. The van der Waals surface area contributed by atoms with Gasteiger partial charge in [-0.25, -0.2) is 14.8 Å². The highest BCUT2D eigenvalue weighted by atomic mass is 35.5. The van der Waals surface area contributed by atoms with E-state index in [4.69, 9.17) is 16.3 Å². The SMILES string of the molecule is CC(C)(C)OC(=O)NC1CCN(c2ccc(Nc3ncc(C(F)(F)F)c(Cl)n3)cc2)CC1. The van der Waals surface area contributed by atoms with Crippen molar-refractivity contribution in [2.24, 2.45) is 0 Å². The van der Waals surface area contributed by atoms with Gasteiger partial charge in [0.1, 0.15) is 16.3 Å².